The third-order valence-corrected chi connectivity index (χ3v) is 3.35. The van der Waals surface area contributed by atoms with Crippen LogP contribution < -0.4 is 10.6 Å². The zero-order valence-corrected chi connectivity index (χ0v) is 12.9. The normalized spacial score (nSPS) is 16.1. The zero-order valence-electron chi connectivity index (χ0n) is 12.9. The molecular formula is C15H32N2O. The van der Waals surface area contributed by atoms with Gasteiger partial charge in [0.1, 0.15) is 0 Å². The Kier molecular flexibility index (Phi) is 9.08. The lowest BCUT2D eigenvalue weighted by Gasteiger charge is -2.33. The minimum atomic E-state index is -0.417. The molecule has 0 aromatic carbocycles. The maximum absolute atomic E-state index is 12.3. The lowest BCUT2D eigenvalue weighted by atomic mass is 9.92. The summed E-state index contributed by atoms with van der Waals surface area (Å²) in [5, 5.41) is 6.55. The largest absolute Gasteiger partial charge is 0.355 e. The summed E-state index contributed by atoms with van der Waals surface area (Å²) in [5.74, 6) is 0.153. The molecule has 2 N–H and O–H groups in total. The van der Waals surface area contributed by atoms with Crippen LogP contribution in [0.2, 0.25) is 0 Å². The molecule has 0 aromatic rings. The van der Waals surface area contributed by atoms with Gasteiger partial charge in [-0.15, -0.1) is 0 Å². The molecule has 0 bridgehead atoms. The van der Waals surface area contributed by atoms with Crippen LogP contribution in [0.3, 0.4) is 0 Å². The van der Waals surface area contributed by atoms with E-state index in [9.17, 15) is 4.79 Å². The van der Waals surface area contributed by atoms with Crippen molar-refractivity contribution < 1.29 is 4.79 Å². The Bertz CT molecular complexity index is 231. The van der Waals surface area contributed by atoms with Crippen LogP contribution in [0.4, 0.5) is 0 Å². The van der Waals surface area contributed by atoms with Gasteiger partial charge in [0.15, 0.2) is 0 Å². The van der Waals surface area contributed by atoms with Crippen molar-refractivity contribution in [2.45, 2.75) is 84.7 Å². The van der Waals surface area contributed by atoms with E-state index in [0.29, 0.717) is 6.04 Å². The molecule has 0 heterocycles. The first-order valence-electron chi connectivity index (χ1n) is 7.56. The number of hydrogen-bond donors (Lipinski definition) is 2. The van der Waals surface area contributed by atoms with Crippen molar-refractivity contribution in [1.82, 2.24) is 10.6 Å². The maximum atomic E-state index is 12.3. The molecule has 18 heavy (non-hydrogen) atoms. The Balaban J connectivity index is 4.53. The molecule has 108 valence electrons. The molecule has 0 aliphatic carbocycles. The van der Waals surface area contributed by atoms with Gasteiger partial charge in [-0.3, -0.25) is 4.79 Å². The summed E-state index contributed by atoms with van der Waals surface area (Å²) in [6, 6.07) is 0.393. The Labute approximate surface area is 113 Å². The molecule has 0 aromatic heterocycles. The average molecular weight is 256 g/mol. The fourth-order valence-electron chi connectivity index (χ4n) is 2.26. The SMILES string of the molecule is CCCCC(C)(NC(C)CCC)C(=O)NCCC. The van der Waals surface area contributed by atoms with Crippen LogP contribution in [0.25, 0.3) is 0 Å². The standard InChI is InChI=1S/C15H32N2O/c1-6-9-11-15(5,14(18)16-12-8-3)17-13(4)10-7-2/h13,17H,6-12H2,1-5H3,(H,16,18). The first kappa shape index (κ1) is 17.4. The van der Waals surface area contributed by atoms with Gasteiger partial charge in [0.05, 0.1) is 5.54 Å². The quantitative estimate of drug-likeness (QED) is 0.630. The molecule has 3 heteroatoms. The Morgan fingerprint density at radius 1 is 1.17 bits per heavy atom. The van der Waals surface area contributed by atoms with Crippen molar-refractivity contribution in [3.63, 3.8) is 0 Å². The maximum Gasteiger partial charge on any atom is 0.240 e. The molecule has 0 aliphatic heterocycles. The number of hydrogen-bond acceptors (Lipinski definition) is 2. The van der Waals surface area contributed by atoms with Crippen LogP contribution in [0, 0.1) is 0 Å². The summed E-state index contributed by atoms with van der Waals surface area (Å²) < 4.78 is 0. The van der Waals surface area contributed by atoms with Gasteiger partial charge >= 0.3 is 0 Å². The zero-order chi connectivity index (χ0) is 14.0. The summed E-state index contributed by atoms with van der Waals surface area (Å²) in [6.45, 7) is 11.4. The molecule has 0 radical (unpaired) electrons. The van der Waals surface area contributed by atoms with Gasteiger partial charge in [0.25, 0.3) is 0 Å². The monoisotopic (exact) mass is 256 g/mol. The van der Waals surface area contributed by atoms with Gasteiger partial charge in [-0.25, -0.2) is 0 Å². The number of amides is 1. The molecular weight excluding hydrogens is 224 g/mol. The Hall–Kier alpha value is -0.570. The van der Waals surface area contributed by atoms with Crippen molar-refractivity contribution in [2.24, 2.45) is 0 Å². The molecule has 1 amide bonds. The predicted molar refractivity (Wildman–Crippen MR) is 78.7 cm³/mol. The molecule has 2 atom stereocenters. The lowest BCUT2D eigenvalue weighted by molar-refractivity contribution is -0.127. The summed E-state index contributed by atoms with van der Waals surface area (Å²) >= 11 is 0. The van der Waals surface area contributed by atoms with Crippen LogP contribution in [-0.4, -0.2) is 24.0 Å². The minimum Gasteiger partial charge on any atom is -0.355 e. The highest BCUT2D eigenvalue weighted by Gasteiger charge is 2.32. The predicted octanol–water partition coefficient (Wildman–Crippen LogP) is 3.24. The summed E-state index contributed by atoms with van der Waals surface area (Å²) in [5.41, 5.74) is -0.417. The summed E-state index contributed by atoms with van der Waals surface area (Å²) in [6.07, 6.45) is 6.37. The number of carbonyl (C=O) groups excluding carboxylic acids is 1. The van der Waals surface area contributed by atoms with Crippen LogP contribution in [0.5, 0.6) is 0 Å². The second-order valence-electron chi connectivity index (χ2n) is 5.53. The average Bonchev–Trinajstić information content (AvgIpc) is 2.33. The van der Waals surface area contributed by atoms with Gasteiger partial charge in [-0.2, -0.15) is 0 Å². The minimum absolute atomic E-state index is 0.153. The molecule has 0 saturated carbocycles. The molecule has 0 saturated heterocycles. The molecule has 0 fully saturated rings. The molecule has 0 rings (SSSR count). The first-order chi connectivity index (χ1) is 8.50. The van der Waals surface area contributed by atoms with E-state index in [4.69, 9.17) is 0 Å². The molecule has 0 spiro atoms. The van der Waals surface area contributed by atoms with Crippen LogP contribution >= 0.6 is 0 Å². The third kappa shape index (κ3) is 6.39. The van der Waals surface area contributed by atoms with Crippen molar-refractivity contribution in [1.29, 1.82) is 0 Å². The summed E-state index contributed by atoms with van der Waals surface area (Å²) in [7, 11) is 0. The second kappa shape index (κ2) is 9.37. The highest BCUT2D eigenvalue weighted by atomic mass is 16.2. The number of rotatable bonds is 10. The lowest BCUT2D eigenvalue weighted by Crippen LogP contribution is -2.57. The van der Waals surface area contributed by atoms with E-state index in [1.807, 2.05) is 6.92 Å². The van der Waals surface area contributed by atoms with E-state index in [2.05, 4.69) is 38.3 Å². The van der Waals surface area contributed by atoms with Crippen molar-refractivity contribution in [3.05, 3.63) is 0 Å². The van der Waals surface area contributed by atoms with Gasteiger partial charge in [0, 0.05) is 12.6 Å². The number of carbonyl (C=O) groups is 1. The van der Waals surface area contributed by atoms with Crippen molar-refractivity contribution in [2.75, 3.05) is 6.54 Å². The van der Waals surface area contributed by atoms with Gasteiger partial charge in [-0.1, -0.05) is 40.0 Å². The van der Waals surface area contributed by atoms with E-state index in [1.54, 1.807) is 0 Å². The van der Waals surface area contributed by atoms with E-state index in [1.165, 1.54) is 0 Å². The van der Waals surface area contributed by atoms with Crippen LogP contribution in [-0.2, 0) is 4.79 Å². The number of nitrogens with one attached hydrogen (secondary N) is 2. The van der Waals surface area contributed by atoms with Gasteiger partial charge in [0.2, 0.25) is 5.91 Å². The highest BCUT2D eigenvalue weighted by molar-refractivity contribution is 5.85. The highest BCUT2D eigenvalue weighted by Crippen LogP contribution is 2.16. The van der Waals surface area contributed by atoms with Gasteiger partial charge in [-0.05, 0) is 33.1 Å². The fraction of sp³-hybridized carbons (Fsp3) is 0.933. The van der Waals surface area contributed by atoms with E-state index in [0.717, 1.165) is 45.1 Å². The number of unbranched alkanes of at least 4 members (excludes halogenated alkanes) is 1. The van der Waals surface area contributed by atoms with Gasteiger partial charge < -0.3 is 10.6 Å². The smallest absolute Gasteiger partial charge is 0.240 e. The summed E-state index contributed by atoms with van der Waals surface area (Å²) in [4.78, 5) is 12.3. The van der Waals surface area contributed by atoms with Crippen LogP contribution in [0.15, 0.2) is 0 Å². The molecule has 0 aliphatic rings. The third-order valence-electron chi connectivity index (χ3n) is 3.35. The Morgan fingerprint density at radius 3 is 2.33 bits per heavy atom. The Morgan fingerprint density at radius 2 is 1.83 bits per heavy atom. The van der Waals surface area contributed by atoms with Crippen molar-refractivity contribution in [3.8, 4) is 0 Å². The van der Waals surface area contributed by atoms with E-state index >= 15 is 0 Å². The molecule has 3 nitrogen and oxygen atoms in total. The first-order valence-corrected chi connectivity index (χ1v) is 7.56. The van der Waals surface area contributed by atoms with E-state index in [-0.39, 0.29) is 5.91 Å². The van der Waals surface area contributed by atoms with Crippen molar-refractivity contribution >= 4 is 5.91 Å². The fourth-order valence-corrected chi connectivity index (χ4v) is 2.26. The molecule has 2 unspecified atom stereocenters. The second-order valence-corrected chi connectivity index (χ2v) is 5.53. The van der Waals surface area contributed by atoms with E-state index < -0.39 is 5.54 Å². The topological polar surface area (TPSA) is 41.1 Å². The van der Waals surface area contributed by atoms with Crippen LogP contribution in [0.1, 0.15) is 73.1 Å².